The molecular weight excluding hydrogens is 380 g/mol. The molecule has 0 bridgehead atoms. The topological polar surface area (TPSA) is 87.0 Å². The number of carbonyl (C=O) groups excluding carboxylic acids is 2. The minimum atomic E-state index is -0.691. The van der Waals surface area contributed by atoms with Crippen molar-refractivity contribution < 1.29 is 14.3 Å². The molecule has 4 rings (SSSR count). The molecule has 0 aliphatic heterocycles. The molecule has 7 heteroatoms. The SMILES string of the molecule is Cc1nnnn1/C(=C\c1ccccc1)C(=O)OCC(=O)c1ccc2ccccc2c1. The zero-order chi connectivity index (χ0) is 20.9. The highest BCUT2D eigenvalue weighted by Crippen LogP contribution is 2.17. The van der Waals surface area contributed by atoms with Crippen LogP contribution < -0.4 is 0 Å². The highest BCUT2D eigenvalue weighted by Gasteiger charge is 2.19. The number of nitrogens with zero attached hydrogens (tertiary/aromatic N) is 4. The fraction of sp³-hybridized carbons (Fsp3) is 0.0870. The fourth-order valence-corrected chi connectivity index (χ4v) is 3.02. The quantitative estimate of drug-likeness (QED) is 0.280. The molecule has 4 aromatic rings. The van der Waals surface area contributed by atoms with Crippen molar-refractivity contribution in [2.45, 2.75) is 6.92 Å². The Morgan fingerprint density at radius 1 is 0.967 bits per heavy atom. The molecule has 0 fully saturated rings. The number of aryl methyl sites for hydroxylation is 1. The van der Waals surface area contributed by atoms with Crippen LogP contribution in [-0.4, -0.2) is 38.6 Å². The second kappa shape index (κ2) is 8.48. The smallest absolute Gasteiger partial charge is 0.357 e. The van der Waals surface area contributed by atoms with Gasteiger partial charge in [-0.1, -0.05) is 66.7 Å². The Morgan fingerprint density at radius 3 is 2.43 bits per heavy atom. The van der Waals surface area contributed by atoms with Crippen LogP contribution in [0.3, 0.4) is 0 Å². The highest BCUT2D eigenvalue weighted by atomic mass is 16.5. The van der Waals surface area contributed by atoms with E-state index < -0.39 is 5.97 Å². The third-order valence-electron chi connectivity index (χ3n) is 4.57. The standard InChI is InChI=1S/C23H18N4O3/c1-16-24-25-26-27(16)21(13-17-7-3-2-4-8-17)23(29)30-15-22(28)20-12-11-18-9-5-6-10-19(18)14-20/h2-14H,15H2,1H3/b21-13-. The Kier molecular flexibility index (Phi) is 5.43. The number of tetrazole rings is 1. The van der Waals surface area contributed by atoms with Crippen LogP contribution in [-0.2, 0) is 9.53 Å². The Labute approximate surface area is 172 Å². The van der Waals surface area contributed by atoms with Gasteiger partial charge in [-0.05, 0) is 45.8 Å². The van der Waals surface area contributed by atoms with E-state index in [0.29, 0.717) is 11.4 Å². The van der Waals surface area contributed by atoms with Crippen LogP contribution in [0.2, 0.25) is 0 Å². The van der Waals surface area contributed by atoms with Crippen molar-refractivity contribution in [1.82, 2.24) is 20.2 Å². The van der Waals surface area contributed by atoms with E-state index in [1.54, 1.807) is 25.1 Å². The van der Waals surface area contributed by atoms with Crippen LogP contribution in [0.4, 0.5) is 0 Å². The van der Waals surface area contributed by atoms with Gasteiger partial charge in [-0.15, -0.1) is 5.10 Å². The first kappa shape index (κ1) is 19.2. The van der Waals surface area contributed by atoms with E-state index in [2.05, 4.69) is 15.5 Å². The largest absolute Gasteiger partial charge is 0.453 e. The van der Waals surface area contributed by atoms with Crippen LogP contribution in [0, 0.1) is 6.92 Å². The molecule has 0 amide bonds. The van der Waals surface area contributed by atoms with Crippen molar-refractivity contribution in [2.24, 2.45) is 0 Å². The summed E-state index contributed by atoms with van der Waals surface area (Å²) in [7, 11) is 0. The van der Waals surface area contributed by atoms with Gasteiger partial charge in [0.1, 0.15) is 0 Å². The Bertz CT molecular complexity index is 1250. The summed E-state index contributed by atoms with van der Waals surface area (Å²) < 4.78 is 6.60. The molecule has 0 N–H and O–H groups in total. The van der Waals surface area contributed by atoms with E-state index in [-0.39, 0.29) is 18.1 Å². The molecule has 1 heterocycles. The number of benzene rings is 3. The van der Waals surface area contributed by atoms with Crippen LogP contribution in [0.25, 0.3) is 22.5 Å². The molecule has 148 valence electrons. The summed E-state index contributed by atoms with van der Waals surface area (Å²) in [6.45, 7) is 1.29. The van der Waals surface area contributed by atoms with Gasteiger partial charge in [0, 0.05) is 5.56 Å². The first-order chi connectivity index (χ1) is 14.6. The van der Waals surface area contributed by atoms with Crippen LogP contribution in [0.5, 0.6) is 0 Å². The van der Waals surface area contributed by atoms with Crippen molar-refractivity contribution >= 4 is 34.3 Å². The number of hydrogen-bond acceptors (Lipinski definition) is 6. The van der Waals surface area contributed by atoms with Gasteiger partial charge >= 0.3 is 5.97 Å². The summed E-state index contributed by atoms with van der Waals surface area (Å²) in [6.07, 6.45) is 1.62. The fourth-order valence-electron chi connectivity index (χ4n) is 3.02. The lowest BCUT2D eigenvalue weighted by molar-refractivity contribution is -0.136. The predicted octanol–water partition coefficient (Wildman–Crippen LogP) is 3.56. The summed E-state index contributed by atoms with van der Waals surface area (Å²) in [4.78, 5) is 25.4. The lowest BCUT2D eigenvalue weighted by atomic mass is 10.0. The first-order valence-corrected chi connectivity index (χ1v) is 9.33. The zero-order valence-electron chi connectivity index (χ0n) is 16.2. The zero-order valence-corrected chi connectivity index (χ0v) is 16.2. The molecule has 0 unspecified atom stereocenters. The van der Waals surface area contributed by atoms with Crippen LogP contribution in [0.15, 0.2) is 72.8 Å². The van der Waals surface area contributed by atoms with E-state index >= 15 is 0 Å². The maximum atomic E-state index is 12.8. The molecule has 1 aromatic heterocycles. The molecule has 0 saturated heterocycles. The van der Waals surface area contributed by atoms with Crippen molar-refractivity contribution in [3.05, 3.63) is 89.7 Å². The van der Waals surface area contributed by atoms with E-state index in [1.165, 1.54) is 4.68 Å². The summed E-state index contributed by atoms with van der Waals surface area (Å²) in [5, 5.41) is 13.2. The summed E-state index contributed by atoms with van der Waals surface area (Å²) in [5.74, 6) is -0.556. The maximum absolute atomic E-state index is 12.8. The van der Waals surface area contributed by atoms with Crippen LogP contribution in [0.1, 0.15) is 21.7 Å². The third kappa shape index (κ3) is 4.15. The molecule has 0 aliphatic carbocycles. The summed E-state index contributed by atoms with van der Waals surface area (Å²) >= 11 is 0. The Balaban J connectivity index is 1.54. The van der Waals surface area contributed by atoms with E-state index in [4.69, 9.17) is 4.74 Å². The molecule has 7 nitrogen and oxygen atoms in total. The normalized spacial score (nSPS) is 11.4. The van der Waals surface area contributed by atoms with Gasteiger partial charge < -0.3 is 4.74 Å². The second-order valence-corrected chi connectivity index (χ2v) is 6.64. The first-order valence-electron chi connectivity index (χ1n) is 9.33. The van der Waals surface area contributed by atoms with Gasteiger partial charge in [0.15, 0.2) is 23.9 Å². The number of aromatic nitrogens is 4. The van der Waals surface area contributed by atoms with Crippen LogP contribution >= 0.6 is 0 Å². The molecule has 3 aromatic carbocycles. The third-order valence-corrected chi connectivity index (χ3v) is 4.57. The Morgan fingerprint density at radius 2 is 1.70 bits per heavy atom. The number of fused-ring (bicyclic) bond motifs is 1. The summed E-state index contributed by atoms with van der Waals surface area (Å²) in [5.41, 5.74) is 1.38. The molecule has 0 aliphatic rings. The molecule has 0 atom stereocenters. The van der Waals surface area contributed by atoms with Gasteiger partial charge in [-0.2, -0.15) is 4.68 Å². The van der Waals surface area contributed by atoms with Crippen molar-refractivity contribution in [1.29, 1.82) is 0 Å². The number of ether oxygens (including phenoxy) is 1. The van der Waals surface area contributed by atoms with Crippen molar-refractivity contribution in [3.63, 3.8) is 0 Å². The number of rotatable bonds is 6. The van der Waals surface area contributed by atoms with Gasteiger partial charge in [0.25, 0.3) is 0 Å². The minimum Gasteiger partial charge on any atom is -0.453 e. The molecule has 0 spiro atoms. The van der Waals surface area contributed by atoms with Gasteiger partial charge in [0.05, 0.1) is 0 Å². The molecule has 0 radical (unpaired) electrons. The number of hydrogen-bond donors (Lipinski definition) is 0. The van der Waals surface area contributed by atoms with Crippen molar-refractivity contribution in [3.8, 4) is 0 Å². The number of ketones is 1. The molecule has 30 heavy (non-hydrogen) atoms. The van der Waals surface area contributed by atoms with Gasteiger partial charge in [-0.3, -0.25) is 4.79 Å². The predicted molar refractivity (Wildman–Crippen MR) is 112 cm³/mol. The minimum absolute atomic E-state index is 0.120. The summed E-state index contributed by atoms with van der Waals surface area (Å²) in [6, 6.07) is 22.4. The Hall–Kier alpha value is -4.13. The maximum Gasteiger partial charge on any atom is 0.357 e. The number of carbonyl (C=O) groups is 2. The van der Waals surface area contributed by atoms with E-state index in [1.807, 2.05) is 60.7 Å². The van der Waals surface area contributed by atoms with E-state index in [0.717, 1.165) is 16.3 Å². The molecule has 0 saturated carbocycles. The van der Waals surface area contributed by atoms with E-state index in [9.17, 15) is 9.59 Å². The van der Waals surface area contributed by atoms with Gasteiger partial charge in [0.2, 0.25) is 0 Å². The lowest BCUT2D eigenvalue weighted by Crippen LogP contribution is -2.19. The monoisotopic (exact) mass is 398 g/mol. The van der Waals surface area contributed by atoms with Crippen molar-refractivity contribution in [2.75, 3.05) is 6.61 Å². The highest BCUT2D eigenvalue weighted by molar-refractivity contribution is 6.16. The number of Topliss-reactive ketones (excluding diaryl/α,β-unsaturated/α-hetero) is 1. The van der Waals surface area contributed by atoms with Gasteiger partial charge in [-0.25, -0.2) is 4.79 Å². The average molecular weight is 398 g/mol. The lowest BCUT2D eigenvalue weighted by Gasteiger charge is -2.09. The second-order valence-electron chi connectivity index (χ2n) is 6.64. The number of esters is 1. The average Bonchev–Trinajstić information content (AvgIpc) is 3.21. The molecular formula is C23H18N4O3.